The van der Waals surface area contributed by atoms with Crippen molar-refractivity contribution < 1.29 is 27.9 Å². The molecule has 1 aromatic carbocycles. The molecule has 0 bridgehead atoms. The highest BCUT2D eigenvalue weighted by Gasteiger charge is 2.41. The molecule has 160 valence electrons. The maximum atomic E-state index is 12.6. The van der Waals surface area contributed by atoms with Crippen molar-refractivity contribution in [3.63, 3.8) is 0 Å². The van der Waals surface area contributed by atoms with Crippen LogP contribution in [-0.4, -0.2) is 46.1 Å². The molecule has 1 spiro atoms. The van der Waals surface area contributed by atoms with Crippen molar-refractivity contribution in [3.8, 4) is 0 Å². The molecule has 2 heterocycles. The van der Waals surface area contributed by atoms with Crippen molar-refractivity contribution in [1.29, 1.82) is 0 Å². The lowest BCUT2D eigenvalue weighted by molar-refractivity contribution is -0.192. The lowest BCUT2D eigenvalue weighted by atomic mass is 9.74. The third kappa shape index (κ3) is 4.63. The van der Waals surface area contributed by atoms with Gasteiger partial charge in [-0.2, -0.15) is 13.2 Å². The number of nitrogens with zero attached hydrogens (tertiary/aromatic N) is 2. The zero-order valence-electron chi connectivity index (χ0n) is 16.6. The van der Waals surface area contributed by atoms with Gasteiger partial charge in [-0.05, 0) is 61.3 Å². The monoisotopic (exact) mass is 420 g/mol. The van der Waals surface area contributed by atoms with E-state index in [9.17, 15) is 18.0 Å². The van der Waals surface area contributed by atoms with Gasteiger partial charge in [-0.3, -0.25) is 9.78 Å². The number of rotatable bonds is 1. The number of aliphatic carboxylic acids is 1. The van der Waals surface area contributed by atoms with Crippen molar-refractivity contribution in [3.05, 3.63) is 65.0 Å². The van der Waals surface area contributed by atoms with Crippen LogP contribution < -0.4 is 0 Å². The summed E-state index contributed by atoms with van der Waals surface area (Å²) < 4.78 is 31.7. The number of carboxylic acids is 1. The minimum Gasteiger partial charge on any atom is -0.475 e. The van der Waals surface area contributed by atoms with Crippen molar-refractivity contribution in [2.45, 2.75) is 44.2 Å². The Morgan fingerprint density at radius 3 is 2.27 bits per heavy atom. The summed E-state index contributed by atoms with van der Waals surface area (Å²) in [4.78, 5) is 27.8. The fourth-order valence-electron chi connectivity index (χ4n) is 4.20. The second kappa shape index (κ2) is 8.45. The number of piperidine rings is 1. The first-order valence-corrected chi connectivity index (χ1v) is 9.73. The van der Waals surface area contributed by atoms with Gasteiger partial charge in [0.1, 0.15) is 0 Å². The minimum absolute atomic E-state index is 0.124. The van der Waals surface area contributed by atoms with Gasteiger partial charge in [0.15, 0.2) is 0 Å². The van der Waals surface area contributed by atoms with Crippen LogP contribution in [0, 0.1) is 6.92 Å². The van der Waals surface area contributed by atoms with Crippen molar-refractivity contribution >= 4 is 11.9 Å². The summed E-state index contributed by atoms with van der Waals surface area (Å²) in [6, 6.07) is 12.7. The molecule has 5 nitrogen and oxygen atoms in total. The third-order valence-corrected chi connectivity index (χ3v) is 5.87. The van der Waals surface area contributed by atoms with Crippen molar-refractivity contribution in [2.24, 2.45) is 0 Å². The molecule has 2 aliphatic rings. The number of carbonyl (C=O) groups is 2. The lowest BCUT2D eigenvalue weighted by Crippen LogP contribution is -2.44. The molecule has 8 heteroatoms. The van der Waals surface area contributed by atoms with Gasteiger partial charge >= 0.3 is 12.1 Å². The predicted octanol–water partition coefficient (Wildman–Crippen LogP) is 4.14. The summed E-state index contributed by atoms with van der Waals surface area (Å²) in [6.45, 7) is 3.64. The standard InChI is InChI=1S/C20H22N2O.C2HF3O2/c1-15-6-7-17(14-21-15)19(23)22-12-10-20(11-13-22)9-8-16-4-2-3-5-18(16)20;3-2(4,5)1(6)7/h2-7,14H,8-13H2,1H3;(H,6,7). The highest BCUT2D eigenvalue weighted by molar-refractivity contribution is 5.94. The summed E-state index contributed by atoms with van der Waals surface area (Å²) in [5.41, 5.74) is 5.00. The third-order valence-electron chi connectivity index (χ3n) is 5.87. The number of fused-ring (bicyclic) bond motifs is 2. The average molecular weight is 420 g/mol. The molecule has 1 aliphatic heterocycles. The summed E-state index contributed by atoms with van der Waals surface area (Å²) in [5.74, 6) is -2.63. The molecule has 1 amide bonds. The van der Waals surface area contributed by atoms with E-state index in [2.05, 4.69) is 29.2 Å². The van der Waals surface area contributed by atoms with Crippen LogP contribution in [0.5, 0.6) is 0 Å². The lowest BCUT2D eigenvalue weighted by Gasteiger charge is -2.40. The Morgan fingerprint density at radius 1 is 1.07 bits per heavy atom. The van der Waals surface area contributed by atoms with E-state index in [0.29, 0.717) is 11.0 Å². The number of pyridine rings is 1. The number of benzene rings is 1. The Labute approximate surface area is 172 Å². The number of hydrogen-bond acceptors (Lipinski definition) is 3. The van der Waals surface area contributed by atoms with E-state index >= 15 is 0 Å². The zero-order valence-corrected chi connectivity index (χ0v) is 16.6. The van der Waals surface area contributed by atoms with Crippen molar-refractivity contribution in [1.82, 2.24) is 9.88 Å². The molecule has 2 aromatic rings. The Kier molecular flexibility index (Phi) is 6.14. The second-order valence-electron chi connectivity index (χ2n) is 7.72. The first kappa shape index (κ1) is 21.8. The first-order valence-electron chi connectivity index (χ1n) is 9.73. The fourth-order valence-corrected chi connectivity index (χ4v) is 4.20. The smallest absolute Gasteiger partial charge is 0.475 e. The molecule has 0 unspecified atom stereocenters. The highest BCUT2D eigenvalue weighted by atomic mass is 19.4. The van der Waals surface area contributed by atoms with Crippen LogP contribution in [0.25, 0.3) is 0 Å². The summed E-state index contributed by atoms with van der Waals surface area (Å²) in [5, 5.41) is 7.12. The van der Waals surface area contributed by atoms with E-state index in [1.807, 2.05) is 24.0 Å². The molecule has 0 saturated carbocycles. The van der Waals surface area contributed by atoms with E-state index in [1.54, 1.807) is 6.20 Å². The number of likely N-dealkylation sites (tertiary alicyclic amines) is 1. The van der Waals surface area contributed by atoms with Gasteiger partial charge in [0.2, 0.25) is 0 Å². The molecule has 1 fully saturated rings. The van der Waals surface area contributed by atoms with E-state index < -0.39 is 12.1 Å². The molecule has 1 saturated heterocycles. The second-order valence-corrected chi connectivity index (χ2v) is 7.72. The molecular formula is C22H23F3N2O3. The molecule has 0 radical (unpaired) electrons. The first-order chi connectivity index (χ1) is 14.1. The van der Waals surface area contributed by atoms with Gasteiger partial charge in [0, 0.05) is 25.0 Å². The Bertz CT molecular complexity index is 918. The summed E-state index contributed by atoms with van der Waals surface area (Å²) >= 11 is 0. The number of aromatic nitrogens is 1. The van der Waals surface area contributed by atoms with Crippen LogP contribution in [0.4, 0.5) is 13.2 Å². The van der Waals surface area contributed by atoms with Gasteiger partial charge in [0.05, 0.1) is 5.56 Å². The number of aryl methyl sites for hydroxylation is 2. The van der Waals surface area contributed by atoms with E-state index in [4.69, 9.17) is 9.90 Å². The molecule has 1 N–H and O–H groups in total. The van der Waals surface area contributed by atoms with Crippen LogP contribution in [-0.2, 0) is 16.6 Å². The Hall–Kier alpha value is -2.90. The van der Waals surface area contributed by atoms with Crippen LogP contribution in [0.2, 0.25) is 0 Å². The highest BCUT2D eigenvalue weighted by Crippen LogP contribution is 2.46. The van der Waals surface area contributed by atoms with Crippen LogP contribution >= 0.6 is 0 Å². The Balaban J connectivity index is 0.000000318. The summed E-state index contributed by atoms with van der Waals surface area (Å²) in [6.07, 6.45) is 1.20. The molecule has 0 atom stereocenters. The van der Waals surface area contributed by atoms with E-state index in [1.165, 1.54) is 24.0 Å². The quantitative estimate of drug-likeness (QED) is 0.753. The van der Waals surface area contributed by atoms with Gasteiger partial charge in [-0.25, -0.2) is 4.79 Å². The summed E-state index contributed by atoms with van der Waals surface area (Å²) in [7, 11) is 0. The van der Waals surface area contributed by atoms with Gasteiger partial charge in [-0.1, -0.05) is 24.3 Å². The normalized spacial score (nSPS) is 17.1. The number of carboxylic acid groups (broad SMARTS) is 1. The van der Waals surface area contributed by atoms with Crippen LogP contribution in [0.1, 0.15) is 46.4 Å². The SMILES string of the molecule is Cc1ccc(C(=O)N2CCC3(CCc4ccccc43)CC2)cn1.O=C(O)C(F)(F)F. The molecule has 1 aliphatic carbocycles. The number of amides is 1. The van der Waals surface area contributed by atoms with Crippen molar-refractivity contribution in [2.75, 3.05) is 13.1 Å². The minimum atomic E-state index is -5.08. The van der Waals surface area contributed by atoms with Gasteiger partial charge < -0.3 is 10.0 Å². The largest absolute Gasteiger partial charge is 0.490 e. The Morgan fingerprint density at radius 2 is 1.70 bits per heavy atom. The molecule has 1 aromatic heterocycles. The zero-order chi connectivity index (χ0) is 21.9. The van der Waals surface area contributed by atoms with E-state index in [-0.39, 0.29) is 5.91 Å². The molecular weight excluding hydrogens is 397 g/mol. The van der Waals surface area contributed by atoms with Crippen LogP contribution in [0.15, 0.2) is 42.6 Å². The maximum Gasteiger partial charge on any atom is 0.490 e. The average Bonchev–Trinajstić information content (AvgIpc) is 3.07. The number of hydrogen-bond donors (Lipinski definition) is 1. The predicted molar refractivity (Wildman–Crippen MR) is 104 cm³/mol. The number of carbonyl (C=O) groups excluding carboxylic acids is 1. The molecule has 30 heavy (non-hydrogen) atoms. The van der Waals surface area contributed by atoms with Crippen LogP contribution in [0.3, 0.4) is 0 Å². The number of halogens is 3. The molecule has 4 rings (SSSR count). The maximum absolute atomic E-state index is 12.6. The topological polar surface area (TPSA) is 70.5 Å². The van der Waals surface area contributed by atoms with Gasteiger partial charge in [0.25, 0.3) is 5.91 Å². The van der Waals surface area contributed by atoms with Gasteiger partial charge in [-0.15, -0.1) is 0 Å². The van der Waals surface area contributed by atoms with E-state index in [0.717, 1.165) is 31.6 Å². The number of alkyl halides is 3. The fraction of sp³-hybridized carbons (Fsp3) is 0.409.